The van der Waals surface area contributed by atoms with Crippen LogP contribution < -0.4 is 0 Å². The smallest absolute Gasteiger partial charge is 0.0280 e. The molecule has 0 aliphatic rings. The van der Waals surface area contributed by atoms with Crippen LogP contribution in [-0.2, 0) is 0 Å². The summed E-state index contributed by atoms with van der Waals surface area (Å²) in [7, 11) is 0. The minimum Gasteiger partial charge on any atom is -0.0811 e. The molecule has 0 fully saturated rings. The first kappa shape index (κ1) is 9.74. The van der Waals surface area contributed by atoms with Crippen molar-refractivity contribution in [2.75, 3.05) is 0 Å². The van der Waals surface area contributed by atoms with Crippen molar-refractivity contribution in [2.45, 2.75) is 52.4 Å². The van der Waals surface area contributed by atoms with E-state index in [1.807, 2.05) is 0 Å². The molecule has 0 saturated heterocycles. The predicted octanol–water partition coefficient (Wildman–Crippen LogP) is 3.73. The molecule has 0 rings (SSSR count). The van der Waals surface area contributed by atoms with E-state index in [-0.39, 0.29) is 0 Å². The second-order valence-electron chi connectivity index (χ2n) is 2.65. The molecular formula is C10H19. The van der Waals surface area contributed by atoms with Gasteiger partial charge < -0.3 is 0 Å². The van der Waals surface area contributed by atoms with Gasteiger partial charge in [0, 0.05) is 0 Å². The van der Waals surface area contributed by atoms with Gasteiger partial charge in [0.1, 0.15) is 0 Å². The summed E-state index contributed by atoms with van der Waals surface area (Å²) in [5.41, 5.74) is 0. The minimum absolute atomic E-state index is 1.15. The molecule has 0 N–H and O–H groups in total. The Morgan fingerprint density at radius 2 is 1.80 bits per heavy atom. The van der Waals surface area contributed by atoms with Crippen LogP contribution in [0.3, 0.4) is 0 Å². The fourth-order valence-electron chi connectivity index (χ4n) is 0.789. The van der Waals surface area contributed by atoms with Gasteiger partial charge in [0.2, 0.25) is 0 Å². The van der Waals surface area contributed by atoms with Crippen molar-refractivity contribution in [3.05, 3.63) is 12.2 Å². The van der Waals surface area contributed by atoms with Crippen molar-refractivity contribution in [2.24, 2.45) is 0 Å². The third-order valence-electron chi connectivity index (χ3n) is 1.52. The molecular weight excluding hydrogens is 120 g/mol. The lowest BCUT2D eigenvalue weighted by atomic mass is 10.2. The second-order valence-corrected chi connectivity index (χ2v) is 2.65. The van der Waals surface area contributed by atoms with Crippen molar-refractivity contribution in [3.8, 4) is 0 Å². The Balaban J connectivity index is 2.89. The van der Waals surface area contributed by atoms with Crippen molar-refractivity contribution in [1.82, 2.24) is 0 Å². The number of hydrogen-bond acceptors (Lipinski definition) is 0. The highest BCUT2D eigenvalue weighted by Gasteiger charge is 1.79. The lowest BCUT2D eigenvalue weighted by Gasteiger charge is -1.88. The molecule has 0 aliphatic heterocycles. The van der Waals surface area contributed by atoms with Gasteiger partial charge in [0.25, 0.3) is 0 Å². The first-order valence-electron chi connectivity index (χ1n) is 4.46. The average Bonchev–Trinajstić information content (AvgIpc) is 1.97. The topological polar surface area (TPSA) is 0 Å². The van der Waals surface area contributed by atoms with E-state index >= 15 is 0 Å². The van der Waals surface area contributed by atoms with Gasteiger partial charge in [0.15, 0.2) is 0 Å². The Kier molecular flexibility index (Phi) is 8.51. The molecule has 0 aromatic heterocycles. The molecule has 0 atom stereocenters. The van der Waals surface area contributed by atoms with Crippen molar-refractivity contribution >= 4 is 0 Å². The van der Waals surface area contributed by atoms with E-state index in [1.54, 1.807) is 0 Å². The molecule has 1 radical (unpaired) electrons. The van der Waals surface area contributed by atoms with Crippen LogP contribution in [0.5, 0.6) is 0 Å². The van der Waals surface area contributed by atoms with E-state index in [0.29, 0.717) is 0 Å². The maximum Gasteiger partial charge on any atom is -0.0280 e. The monoisotopic (exact) mass is 139 g/mol. The molecule has 0 saturated carbocycles. The van der Waals surface area contributed by atoms with Crippen LogP contribution in [-0.4, -0.2) is 0 Å². The third-order valence-corrected chi connectivity index (χ3v) is 1.52. The summed E-state index contributed by atoms with van der Waals surface area (Å²) < 4.78 is 0. The fourth-order valence-corrected chi connectivity index (χ4v) is 0.789. The SMILES string of the molecule is CCCC[C]=CCCCC. The van der Waals surface area contributed by atoms with E-state index in [1.165, 1.54) is 32.1 Å². The van der Waals surface area contributed by atoms with Crippen molar-refractivity contribution in [1.29, 1.82) is 0 Å². The highest BCUT2D eigenvalue weighted by Crippen LogP contribution is 1.98. The van der Waals surface area contributed by atoms with Gasteiger partial charge in [-0.05, 0) is 25.3 Å². The van der Waals surface area contributed by atoms with Crippen LogP contribution in [0.25, 0.3) is 0 Å². The quantitative estimate of drug-likeness (QED) is 0.492. The van der Waals surface area contributed by atoms with E-state index < -0.39 is 0 Å². The molecule has 0 aliphatic carbocycles. The van der Waals surface area contributed by atoms with Gasteiger partial charge in [-0.3, -0.25) is 0 Å². The zero-order valence-electron chi connectivity index (χ0n) is 7.32. The highest BCUT2D eigenvalue weighted by atomic mass is 13.9. The fraction of sp³-hybridized carbons (Fsp3) is 0.800. The lowest BCUT2D eigenvalue weighted by molar-refractivity contribution is 0.783. The van der Waals surface area contributed by atoms with Gasteiger partial charge in [-0.15, -0.1) is 0 Å². The van der Waals surface area contributed by atoms with E-state index in [0.717, 1.165) is 6.42 Å². The molecule has 0 unspecified atom stereocenters. The number of unbranched alkanes of at least 4 members (excludes halogenated alkanes) is 4. The predicted molar refractivity (Wildman–Crippen MR) is 46.9 cm³/mol. The van der Waals surface area contributed by atoms with Crippen LogP contribution in [0.4, 0.5) is 0 Å². The van der Waals surface area contributed by atoms with Gasteiger partial charge in [-0.25, -0.2) is 0 Å². The van der Waals surface area contributed by atoms with Gasteiger partial charge >= 0.3 is 0 Å². The molecule has 0 heteroatoms. The summed E-state index contributed by atoms with van der Waals surface area (Å²) in [6.45, 7) is 4.44. The number of hydrogen-bond donors (Lipinski definition) is 0. The standard InChI is InChI=1S/C10H19/c1-3-5-7-9-10-8-6-4-2/h9H,3-8H2,1-2H3. The Morgan fingerprint density at radius 1 is 1.10 bits per heavy atom. The third kappa shape index (κ3) is 7.74. The first-order valence-corrected chi connectivity index (χ1v) is 4.46. The Bertz CT molecular complexity index is 62.1. The van der Waals surface area contributed by atoms with Crippen LogP contribution in [0.2, 0.25) is 0 Å². The lowest BCUT2D eigenvalue weighted by Crippen LogP contribution is -1.69. The largest absolute Gasteiger partial charge is 0.0811 e. The summed E-state index contributed by atoms with van der Waals surface area (Å²) in [5.74, 6) is 0. The average molecular weight is 139 g/mol. The normalized spacial score (nSPS) is 11.0. The van der Waals surface area contributed by atoms with E-state index in [9.17, 15) is 0 Å². The summed E-state index contributed by atoms with van der Waals surface area (Å²) in [5, 5.41) is 0. The van der Waals surface area contributed by atoms with Gasteiger partial charge in [-0.1, -0.05) is 39.2 Å². The minimum atomic E-state index is 1.15. The highest BCUT2D eigenvalue weighted by molar-refractivity contribution is 4.72. The Labute approximate surface area is 65.3 Å². The summed E-state index contributed by atoms with van der Waals surface area (Å²) in [4.78, 5) is 0. The summed E-state index contributed by atoms with van der Waals surface area (Å²) in [6.07, 6.45) is 13.1. The van der Waals surface area contributed by atoms with Crippen LogP contribution in [0, 0.1) is 6.08 Å². The summed E-state index contributed by atoms with van der Waals surface area (Å²) in [6, 6.07) is 0. The molecule has 59 valence electrons. The Hall–Kier alpha value is -0.260. The van der Waals surface area contributed by atoms with Crippen molar-refractivity contribution in [3.63, 3.8) is 0 Å². The zero-order chi connectivity index (χ0) is 7.66. The molecule has 0 aromatic carbocycles. The molecule has 0 aromatic rings. The summed E-state index contributed by atoms with van der Waals surface area (Å²) >= 11 is 0. The van der Waals surface area contributed by atoms with Crippen LogP contribution in [0.15, 0.2) is 6.08 Å². The van der Waals surface area contributed by atoms with Crippen molar-refractivity contribution < 1.29 is 0 Å². The second kappa shape index (κ2) is 8.74. The number of rotatable bonds is 6. The molecule has 10 heavy (non-hydrogen) atoms. The van der Waals surface area contributed by atoms with E-state index in [2.05, 4.69) is 26.0 Å². The number of allylic oxidation sites excluding steroid dienone is 2. The van der Waals surface area contributed by atoms with Gasteiger partial charge in [-0.2, -0.15) is 0 Å². The van der Waals surface area contributed by atoms with Crippen LogP contribution in [0.1, 0.15) is 52.4 Å². The maximum atomic E-state index is 3.30. The Morgan fingerprint density at radius 3 is 2.40 bits per heavy atom. The molecule has 0 heterocycles. The van der Waals surface area contributed by atoms with E-state index in [4.69, 9.17) is 0 Å². The van der Waals surface area contributed by atoms with Crippen LogP contribution >= 0.6 is 0 Å². The first-order chi connectivity index (χ1) is 4.91. The van der Waals surface area contributed by atoms with Gasteiger partial charge in [0.05, 0.1) is 0 Å². The zero-order valence-corrected chi connectivity index (χ0v) is 7.32. The molecule has 0 amide bonds. The molecule has 0 nitrogen and oxygen atoms in total. The molecule has 0 bridgehead atoms. The molecule has 0 spiro atoms. The maximum absolute atomic E-state index is 3.30.